The molecule has 8 heteroatoms. The number of ether oxygens (including phenoxy) is 1. The number of nitrogens with zero attached hydrogens (tertiary/aromatic N) is 2. The minimum absolute atomic E-state index is 0.165. The molecular formula is C24H22N4O4. The Morgan fingerprint density at radius 2 is 1.78 bits per heavy atom. The number of anilines is 2. The Morgan fingerprint density at radius 3 is 2.53 bits per heavy atom. The Hall–Kier alpha value is -4.33. The van der Waals surface area contributed by atoms with Crippen molar-refractivity contribution in [1.82, 2.24) is 9.78 Å². The summed E-state index contributed by atoms with van der Waals surface area (Å²) in [4.78, 5) is 25.0. The van der Waals surface area contributed by atoms with Gasteiger partial charge in [0.1, 0.15) is 24.2 Å². The van der Waals surface area contributed by atoms with Crippen molar-refractivity contribution in [2.75, 3.05) is 10.6 Å². The number of carbonyl (C=O) groups excluding carboxylic acids is 2. The number of aromatic nitrogens is 2. The van der Waals surface area contributed by atoms with E-state index in [2.05, 4.69) is 15.7 Å². The van der Waals surface area contributed by atoms with Crippen molar-refractivity contribution in [2.24, 2.45) is 0 Å². The number of amides is 2. The molecule has 0 saturated heterocycles. The minimum Gasteiger partial charge on any atom is -0.486 e. The number of hydrogen-bond donors (Lipinski definition) is 2. The van der Waals surface area contributed by atoms with Gasteiger partial charge >= 0.3 is 0 Å². The topological polar surface area (TPSA) is 98.4 Å². The monoisotopic (exact) mass is 430 g/mol. The molecule has 2 N–H and O–H groups in total. The highest BCUT2D eigenvalue weighted by Gasteiger charge is 2.16. The standard InChI is InChI=1S/C24H22N4O4/c1-17(28-14-6-13-25-28)23(29)26-18-7-5-8-19(15-18)27-24(30)22-12-11-21(32-22)16-31-20-9-3-2-4-10-20/h2-15,17H,16H2,1H3,(H,26,29)(H,27,30). The summed E-state index contributed by atoms with van der Waals surface area (Å²) in [5, 5.41) is 9.68. The zero-order valence-electron chi connectivity index (χ0n) is 17.4. The minimum atomic E-state index is -0.470. The highest BCUT2D eigenvalue weighted by molar-refractivity contribution is 6.03. The van der Waals surface area contributed by atoms with E-state index in [1.165, 1.54) is 0 Å². The van der Waals surface area contributed by atoms with Gasteiger partial charge in [0, 0.05) is 23.8 Å². The maximum atomic E-state index is 12.6. The van der Waals surface area contributed by atoms with E-state index in [1.807, 2.05) is 30.3 Å². The Balaban J connectivity index is 1.34. The van der Waals surface area contributed by atoms with Gasteiger partial charge in [0.05, 0.1) is 0 Å². The third-order valence-electron chi connectivity index (χ3n) is 4.70. The first-order valence-corrected chi connectivity index (χ1v) is 10.1. The van der Waals surface area contributed by atoms with Gasteiger partial charge in [-0.15, -0.1) is 0 Å². The lowest BCUT2D eigenvalue weighted by molar-refractivity contribution is -0.119. The predicted octanol–water partition coefficient (Wildman–Crippen LogP) is 4.51. The Labute approximate surface area is 184 Å². The van der Waals surface area contributed by atoms with Crippen LogP contribution in [0.3, 0.4) is 0 Å². The van der Waals surface area contributed by atoms with Crippen molar-refractivity contribution in [3.63, 3.8) is 0 Å². The lowest BCUT2D eigenvalue weighted by Gasteiger charge is -2.13. The number of nitrogens with one attached hydrogen (secondary N) is 2. The van der Waals surface area contributed by atoms with E-state index < -0.39 is 11.9 Å². The molecule has 2 aromatic heterocycles. The zero-order valence-corrected chi connectivity index (χ0v) is 17.4. The van der Waals surface area contributed by atoms with Crippen molar-refractivity contribution >= 4 is 23.2 Å². The van der Waals surface area contributed by atoms with Crippen LogP contribution in [-0.2, 0) is 11.4 Å². The van der Waals surface area contributed by atoms with E-state index in [0.29, 0.717) is 17.1 Å². The van der Waals surface area contributed by atoms with E-state index in [0.717, 1.165) is 5.75 Å². The lowest BCUT2D eigenvalue weighted by Crippen LogP contribution is -2.24. The van der Waals surface area contributed by atoms with Crippen LogP contribution in [0.4, 0.5) is 11.4 Å². The molecule has 0 aliphatic rings. The highest BCUT2D eigenvalue weighted by atomic mass is 16.5. The Kier molecular flexibility index (Phi) is 6.31. The smallest absolute Gasteiger partial charge is 0.291 e. The fourth-order valence-electron chi connectivity index (χ4n) is 2.99. The quantitative estimate of drug-likeness (QED) is 0.429. The van der Waals surface area contributed by atoms with Crippen molar-refractivity contribution in [2.45, 2.75) is 19.6 Å². The van der Waals surface area contributed by atoms with Crippen LogP contribution < -0.4 is 15.4 Å². The van der Waals surface area contributed by atoms with E-state index >= 15 is 0 Å². The largest absolute Gasteiger partial charge is 0.486 e. The van der Waals surface area contributed by atoms with Crippen LogP contribution in [0, 0.1) is 0 Å². The number of para-hydroxylation sites is 1. The molecule has 162 valence electrons. The summed E-state index contributed by atoms with van der Waals surface area (Å²) in [7, 11) is 0. The first-order chi connectivity index (χ1) is 15.6. The summed E-state index contributed by atoms with van der Waals surface area (Å²) in [5.74, 6) is 0.803. The molecule has 4 rings (SSSR count). The predicted molar refractivity (Wildman–Crippen MR) is 119 cm³/mol. The molecule has 0 fully saturated rings. The van der Waals surface area contributed by atoms with Crippen molar-refractivity contribution in [1.29, 1.82) is 0 Å². The van der Waals surface area contributed by atoms with Gasteiger partial charge in [-0.2, -0.15) is 5.10 Å². The molecule has 1 atom stereocenters. The van der Waals surface area contributed by atoms with Gasteiger partial charge in [0.15, 0.2) is 5.76 Å². The molecule has 2 amide bonds. The molecule has 32 heavy (non-hydrogen) atoms. The van der Waals surface area contributed by atoms with Gasteiger partial charge in [-0.05, 0) is 55.5 Å². The first-order valence-electron chi connectivity index (χ1n) is 10.1. The summed E-state index contributed by atoms with van der Waals surface area (Å²) >= 11 is 0. The van der Waals surface area contributed by atoms with Crippen LogP contribution in [0.1, 0.15) is 29.3 Å². The fraction of sp³-hybridized carbons (Fsp3) is 0.125. The second-order valence-electron chi connectivity index (χ2n) is 7.05. The number of hydrogen-bond acceptors (Lipinski definition) is 5. The van der Waals surface area contributed by atoms with E-state index in [-0.39, 0.29) is 18.3 Å². The Bertz CT molecular complexity index is 1190. The number of furan rings is 1. The number of rotatable bonds is 8. The van der Waals surface area contributed by atoms with Gasteiger partial charge in [-0.1, -0.05) is 24.3 Å². The maximum Gasteiger partial charge on any atom is 0.291 e. The molecule has 0 spiro atoms. The van der Waals surface area contributed by atoms with Crippen LogP contribution in [0.25, 0.3) is 0 Å². The third kappa shape index (κ3) is 5.23. The van der Waals surface area contributed by atoms with Crippen molar-refractivity contribution < 1.29 is 18.7 Å². The highest BCUT2D eigenvalue weighted by Crippen LogP contribution is 2.19. The molecular weight excluding hydrogens is 408 g/mol. The van der Waals surface area contributed by atoms with Crippen LogP contribution in [0.15, 0.2) is 89.6 Å². The van der Waals surface area contributed by atoms with Gasteiger partial charge in [0.25, 0.3) is 5.91 Å². The third-order valence-corrected chi connectivity index (χ3v) is 4.70. The summed E-state index contributed by atoms with van der Waals surface area (Å²) < 4.78 is 12.8. The molecule has 4 aromatic rings. The van der Waals surface area contributed by atoms with Gasteiger partial charge in [-0.3, -0.25) is 14.3 Å². The Morgan fingerprint density at radius 1 is 1.00 bits per heavy atom. The zero-order chi connectivity index (χ0) is 22.3. The van der Waals surface area contributed by atoms with Crippen LogP contribution in [-0.4, -0.2) is 21.6 Å². The van der Waals surface area contributed by atoms with Crippen LogP contribution in [0.5, 0.6) is 5.75 Å². The molecule has 0 radical (unpaired) electrons. The molecule has 0 aliphatic heterocycles. The van der Waals surface area contributed by atoms with Crippen LogP contribution >= 0.6 is 0 Å². The average molecular weight is 430 g/mol. The van der Waals surface area contributed by atoms with E-state index in [4.69, 9.17) is 9.15 Å². The van der Waals surface area contributed by atoms with Crippen molar-refractivity contribution in [3.8, 4) is 5.75 Å². The summed E-state index contributed by atoms with van der Waals surface area (Å²) in [6, 6.07) is 20.8. The molecule has 0 bridgehead atoms. The van der Waals surface area contributed by atoms with Gasteiger partial charge in [-0.25, -0.2) is 0 Å². The molecule has 0 aliphatic carbocycles. The normalized spacial score (nSPS) is 11.5. The number of carbonyl (C=O) groups is 2. The molecule has 2 aromatic carbocycles. The molecule has 0 saturated carbocycles. The number of benzene rings is 2. The second-order valence-corrected chi connectivity index (χ2v) is 7.05. The van der Waals surface area contributed by atoms with Gasteiger partial charge < -0.3 is 19.8 Å². The summed E-state index contributed by atoms with van der Waals surface area (Å²) in [6.07, 6.45) is 3.34. The van der Waals surface area contributed by atoms with Crippen molar-refractivity contribution in [3.05, 3.63) is 96.7 Å². The molecule has 2 heterocycles. The molecule has 8 nitrogen and oxygen atoms in total. The van der Waals surface area contributed by atoms with E-state index in [9.17, 15) is 9.59 Å². The lowest BCUT2D eigenvalue weighted by atomic mass is 10.2. The summed E-state index contributed by atoms with van der Waals surface area (Å²) in [6.45, 7) is 1.97. The van der Waals surface area contributed by atoms with Gasteiger partial charge in [0.2, 0.25) is 5.91 Å². The average Bonchev–Trinajstić information content (AvgIpc) is 3.51. The fourth-order valence-corrected chi connectivity index (χ4v) is 2.99. The second kappa shape index (κ2) is 9.65. The SMILES string of the molecule is CC(C(=O)Nc1cccc(NC(=O)c2ccc(COc3ccccc3)o2)c1)n1cccn1. The molecule has 1 unspecified atom stereocenters. The summed E-state index contributed by atoms with van der Waals surface area (Å²) in [5.41, 5.74) is 1.08. The van der Waals surface area contributed by atoms with E-state index in [1.54, 1.807) is 66.5 Å². The van der Waals surface area contributed by atoms with Crippen LogP contribution in [0.2, 0.25) is 0 Å². The first kappa shape index (κ1) is 20.9. The maximum absolute atomic E-state index is 12.6.